The van der Waals surface area contributed by atoms with E-state index in [0.717, 1.165) is 0 Å². The fourth-order valence-corrected chi connectivity index (χ4v) is 3.92. The minimum Gasteiger partial charge on any atom is -0.479 e. The van der Waals surface area contributed by atoms with Crippen LogP contribution in [0.25, 0.3) is 0 Å². The monoisotopic (exact) mass is 446 g/mol. The van der Waals surface area contributed by atoms with Crippen LogP contribution in [0.4, 0.5) is 0 Å². The van der Waals surface area contributed by atoms with Crippen LogP contribution in [-0.2, 0) is 4.79 Å². The first-order valence-corrected chi connectivity index (χ1v) is 10.4. The van der Waals surface area contributed by atoms with Gasteiger partial charge in [-0.3, -0.25) is 9.78 Å². The van der Waals surface area contributed by atoms with Gasteiger partial charge in [0.1, 0.15) is 5.69 Å². The predicted octanol–water partition coefficient (Wildman–Crippen LogP) is 3.21. The van der Waals surface area contributed by atoms with Gasteiger partial charge in [-0.05, 0) is 43.2 Å². The Labute approximate surface area is 183 Å². The lowest BCUT2D eigenvalue weighted by atomic mass is 10.1. The highest BCUT2D eigenvalue weighted by Crippen LogP contribution is 2.40. The van der Waals surface area contributed by atoms with Crippen LogP contribution in [-0.4, -0.2) is 69.3 Å². The van der Waals surface area contributed by atoms with Crippen molar-refractivity contribution >= 4 is 40.9 Å². The maximum atomic E-state index is 12.9. The Hall–Kier alpha value is -2.64. The molecule has 1 aliphatic heterocycles. The van der Waals surface area contributed by atoms with E-state index in [4.69, 9.17) is 23.2 Å². The van der Waals surface area contributed by atoms with Gasteiger partial charge in [0.25, 0.3) is 5.91 Å². The Morgan fingerprint density at radius 1 is 1.03 bits per heavy atom. The smallest absolute Gasteiger partial charge is 0.331 e. The molecular formula is C21H20Cl2N4O3. The number of carboxylic acids is 1. The minimum absolute atomic E-state index is 0.156. The maximum absolute atomic E-state index is 12.9. The van der Waals surface area contributed by atoms with E-state index in [9.17, 15) is 14.7 Å². The lowest BCUT2D eigenvalue weighted by molar-refractivity contribution is -0.139. The normalized spacial score (nSPS) is 18.3. The highest BCUT2D eigenvalue weighted by molar-refractivity contribution is 6.36. The number of rotatable bonds is 4. The first-order valence-electron chi connectivity index (χ1n) is 9.63. The second kappa shape index (κ2) is 8.24. The molecule has 1 N–H and O–H groups in total. The van der Waals surface area contributed by atoms with Crippen LogP contribution in [0.2, 0.25) is 10.0 Å². The van der Waals surface area contributed by atoms with Crippen LogP contribution in [0.3, 0.4) is 0 Å². The molecule has 0 atom stereocenters. The number of halogens is 2. The Balaban J connectivity index is 1.53. The van der Waals surface area contributed by atoms with Gasteiger partial charge in [-0.1, -0.05) is 29.3 Å². The number of piperazine rings is 1. The van der Waals surface area contributed by atoms with Gasteiger partial charge in [0.05, 0.1) is 10.6 Å². The highest BCUT2D eigenvalue weighted by atomic mass is 35.5. The van der Waals surface area contributed by atoms with E-state index in [1.807, 2.05) is 17.0 Å². The van der Waals surface area contributed by atoms with Gasteiger partial charge in [0.15, 0.2) is 11.4 Å². The van der Waals surface area contributed by atoms with Crippen LogP contribution < -0.4 is 0 Å². The van der Waals surface area contributed by atoms with E-state index in [1.54, 1.807) is 35.4 Å². The second-order valence-corrected chi connectivity index (χ2v) is 8.23. The molecule has 1 saturated heterocycles. The number of carbonyl (C=O) groups excluding carboxylic acids is 1. The van der Waals surface area contributed by atoms with Crippen molar-refractivity contribution in [2.24, 2.45) is 4.99 Å². The zero-order chi connectivity index (χ0) is 21.3. The van der Waals surface area contributed by atoms with E-state index >= 15 is 0 Å². The first kappa shape index (κ1) is 20.6. The van der Waals surface area contributed by atoms with Gasteiger partial charge in [-0.25, -0.2) is 9.79 Å². The summed E-state index contributed by atoms with van der Waals surface area (Å²) in [5.41, 5.74) is -0.0158. The fraction of sp³-hybridized carbons (Fsp3) is 0.333. The van der Waals surface area contributed by atoms with Crippen molar-refractivity contribution in [3.63, 3.8) is 0 Å². The summed E-state index contributed by atoms with van der Waals surface area (Å²) in [5, 5.41) is 10.4. The van der Waals surface area contributed by atoms with Crippen molar-refractivity contribution in [3.05, 3.63) is 63.9 Å². The largest absolute Gasteiger partial charge is 0.479 e. The molecule has 0 bridgehead atoms. The summed E-state index contributed by atoms with van der Waals surface area (Å²) in [6, 6.07) is 10.3. The molecule has 9 heteroatoms. The minimum atomic E-state index is -1.06. The van der Waals surface area contributed by atoms with Crippen molar-refractivity contribution in [2.45, 2.75) is 18.4 Å². The number of amidine groups is 1. The molecule has 1 aromatic heterocycles. The maximum Gasteiger partial charge on any atom is 0.331 e. The van der Waals surface area contributed by atoms with Crippen LogP contribution in [0, 0.1) is 0 Å². The number of aliphatic carboxylic acids is 1. The quantitative estimate of drug-likeness (QED) is 0.575. The third-order valence-corrected chi connectivity index (χ3v) is 5.91. The molecule has 156 valence electrons. The molecule has 4 rings (SSSR count). The Bertz CT molecular complexity index is 1000. The summed E-state index contributed by atoms with van der Waals surface area (Å²) in [6.45, 7) is 1.96. The van der Waals surface area contributed by atoms with Crippen LogP contribution in [0.5, 0.6) is 0 Å². The van der Waals surface area contributed by atoms with Crippen LogP contribution >= 0.6 is 23.2 Å². The van der Waals surface area contributed by atoms with E-state index in [-0.39, 0.29) is 5.91 Å². The predicted molar refractivity (Wildman–Crippen MR) is 114 cm³/mol. The number of carboxylic acid groups (broad SMARTS) is 1. The highest BCUT2D eigenvalue weighted by Gasteiger charge is 2.51. The molecule has 1 aliphatic carbocycles. The number of amides is 1. The zero-order valence-corrected chi connectivity index (χ0v) is 17.6. The van der Waals surface area contributed by atoms with Gasteiger partial charge >= 0.3 is 5.97 Å². The molecule has 2 aliphatic rings. The number of nitrogens with zero attached hydrogens (tertiary/aromatic N) is 4. The van der Waals surface area contributed by atoms with Crippen molar-refractivity contribution in [3.8, 4) is 0 Å². The van der Waals surface area contributed by atoms with Gasteiger partial charge in [0.2, 0.25) is 0 Å². The molecule has 2 heterocycles. The molecule has 30 heavy (non-hydrogen) atoms. The number of carbonyl (C=O) groups is 2. The molecule has 0 unspecified atom stereocenters. The zero-order valence-electron chi connectivity index (χ0n) is 16.1. The summed E-state index contributed by atoms with van der Waals surface area (Å²) in [6.07, 6.45) is 2.70. The van der Waals surface area contributed by atoms with Gasteiger partial charge in [-0.2, -0.15) is 0 Å². The molecule has 7 nitrogen and oxygen atoms in total. The summed E-state index contributed by atoms with van der Waals surface area (Å²) in [5.74, 6) is -0.508. The van der Waals surface area contributed by atoms with Gasteiger partial charge < -0.3 is 14.9 Å². The third kappa shape index (κ3) is 4.13. The molecule has 0 radical (unpaired) electrons. The molecule has 2 fully saturated rings. The Morgan fingerprint density at radius 2 is 1.73 bits per heavy atom. The number of aromatic nitrogens is 1. The topological polar surface area (TPSA) is 86.1 Å². The average molecular weight is 447 g/mol. The lowest BCUT2D eigenvalue weighted by Gasteiger charge is -2.36. The summed E-state index contributed by atoms with van der Waals surface area (Å²) in [4.78, 5) is 37.2. The van der Waals surface area contributed by atoms with Crippen molar-refractivity contribution < 1.29 is 14.7 Å². The average Bonchev–Trinajstić information content (AvgIpc) is 3.54. The summed E-state index contributed by atoms with van der Waals surface area (Å²) < 4.78 is 0. The van der Waals surface area contributed by atoms with Crippen molar-refractivity contribution in [1.29, 1.82) is 0 Å². The molecule has 0 spiro atoms. The van der Waals surface area contributed by atoms with E-state index in [1.165, 1.54) is 0 Å². The molecular weight excluding hydrogens is 427 g/mol. The molecule has 1 amide bonds. The lowest BCUT2D eigenvalue weighted by Crippen LogP contribution is -2.51. The van der Waals surface area contributed by atoms with Crippen LogP contribution in [0.15, 0.2) is 47.6 Å². The number of pyridine rings is 1. The summed E-state index contributed by atoms with van der Waals surface area (Å²) in [7, 11) is 0. The SMILES string of the molecule is O=C(c1ccc(Cl)cc1Cl)N1CCN(C(=NC2(C(=O)O)CC2)c2ccccn2)CC1. The third-order valence-electron chi connectivity index (χ3n) is 5.36. The van der Waals surface area contributed by atoms with E-state index in [2.05, 4.69) is 9.98 Å². The standard InChI is InChI=1S/C21H20Cl2N4O3/c22-14-4-5-15(16(23)13-14)19(28)27-11-9-26(10-12-27)18(17-3-1-2-8-24-17)25-21(6-7-21)20(29)30/h1-5,8,13H,6-7,9-12H2,(H,29,30). The number of hydrogen-bond acceptors (Lipinski definition) is 4. The number of aliphatic imine (C=N–C) groups is 1. The first-order chi connectivity index (χ1) is 14.4. The second-order valence-electron chi connectivity index (χ2n) is 7.39. The fourth-order valence-electron chi connectivity index (χ4n) is 3.43. The molecule has 2 aromatic rings. The Morgan fingerprint density at radius 3 is 2.30 bits per heavy atom. The molecule has 1 saturated carbocycles. The van der Waals surface area contributed by atoms with Gasteiger partial charge in [-0.15, -0.1) is 0 Å². The van der Waals surface area contributed by atoms with Crippen LogP contribution in [0.1, 0.15) is 28.9 Å². The Kier molecular flexibility index (Phi) is 5.66. The summed E-state index contributed by atoms with van der Waals surface area (Å²) >= 11 is 12.1. The number of hydrogen-bond donors (Lipinski definition) is 1. The molecule has 1 aromatic carbocycles. The van der Waals surface area contributed by atoms with Crippen molar-refractivity contribution in [2.75, 3.05) is 26.2 Å². The van der Waals surface area contributed by atoms with Gasteiger partial charge in [0, 0.05) is 37.4 Å². The van der Waals surface area contributed by atoms with E-state index < -0.39 is 11.5 Å². The van der Waals surface area contributed by atoms with E-state index in [0.29, 0.717) is 66.2 Å². The van der Waals surface area contributed by atoms with Crippen molar-refractivity contribution in [1.82, 2.24) is 14.8 Å². The number of benzene rings is 1.